The van der Waals surface area contributed by atoms with Crippen molar-refractivity contribution < 1.29 is 0 Å². The second-order valence-corrected chi connectivity index (χ2v) is 4.79. The van der Waals surface area contributed by atoms with Gasteiger partial charge in [0.25, 0.3) is 0 Å². The van der Waals surface area contributed by atoms with Crippen molar-refractivity contribution in [2.45, 2.75) is 33.1 Å². The SMILES string of the molecule is CCc1cc(-n2cc(CCCCl)nn2)ccc1C. The summed E-state index contributed by atoms with van der Waals surface area (Å²) in [6, 6.07) is 6.39. The number of benzene rings is 1. The van der Waals surface area contributed by atoms with Crippen molar-refractivity contribution in [2.75, 3.05) is 5.88 Å². The summed E-state index contributed by atoms with van der Waals surface area (Å²) in [4.78, 5) is 0. The van der Waals surface area contributed by atoms with E-state index in [2.05, 4.69) is 42.4 Å². The molecule has 4 heteroatoms. The Kier molecular flexibility index (Phi) is 4.37. The summed E-state index contributed by atoms with van der Waals surface area (Å²) in [5.41, 5.74) is 4.74. The summed E-state index contributed by atoms with van der Waals surface area (Å²) in [6.45, 7) is 4.30. The Hall–Kier alpha value is -1.35. The van der Waals surface area contributed by atoms with Crippen LogP contribution >= 0.6 is 11.6 Å². The lowest BCUT2D eigenvalue weighted by Crippen LogP contribution is -1.97. The van der Waals surface area contributed by atoms with Gasteiger partial charge >= 0.3 is 0 Å². The first-order valence-corrected chi connectivity index (χ1v) is 6.85. The van der Waals surface area contributed by atoms with Gasteiger partial charge in [0.05, 0.1) is 17.6 Å². The third kappa shape index (κ3) is 2.91. The molecule has 0 unspecified atom stereocenters. The van der Waals surface area contributed by atoms with Crippen molar-refractivity contribution in [3.8, 4) is 5.69 Å². The lowest BCUT2D eigenvalue weighted by Gasteiger charge is -2.06. The molecular weight excluding hydrogens is 246 g/mol. The highest BCUT2D eigenvalue weighted by Gasteiger charge is 2.04. The second kappa shape index (κ2) is 6.01. The molecule has 0 saturated heterocycles. The zero-order chi connectivity index (χ0) is 13.0. The van der Waals surface area contributed by atoms with Crippen LogP contribution < -0.4 is 0 Å². The van der Waals surface area contributed by atoms with E-state index < -0.39 is 0 Å². The minimum absolute atomic E-state index is 0.664. The highest BCUT2D eigenvalue weighted by atomic mass is 35.5. The van der Waals surface area contributed by atoms with Gasteiger partial charge in [0.1, 0.15) is 0 Å². The highest BCUT2D eigenvalue weighted by molar-refractivity contribution is 6.17. The number of alkyl halides is 1. The maximum atomic E-state index is 5.68. The fourth-order valence-electron chi connectivity index (χ4n) is 1.97. The number of aromatic nitrogens is 3. The second-order valence-electron chi connectivity index (χ2n) is 4.41. The van der Waals surface area contributed by atoms with Crippen molar-refractivity contribution in [1.29, 1.82) is 0 Å². The van der Waals surface area contributed by atoms with Gasteiger partial charge in [0.15, 0.2) is 0 Å². The molecule has 1 aromatic heterocycles. The fourth-order valence-corrected chi connectivity index (χ4v) is 2.10. The Labute approximate surface area is 113 Å². The van der Waals surface area contributed by atoms with E-state index in [4.69, 9.17) is 11.6 Å². The van der Waals surface area contributed by atoms with Crippen LogP contribution in [-0.4, -0.2) is 20.9 Å². The quantitative estimate of drug-likeness (QED) is 0.775. The number of nitrogens with zero attached hydrogens (tertiary/aromatic N) is 3. The van der Waals surface area contributed by atoms with E-state index in [0.717, 1.165) is 30.6 Å². The van der Waals surface area contributed by atoms with Gasteiger partial charge in [-0.2, -0.15) is 0 Å². The first-order chi connectivity index (χ1) is 8.74. The maximum Gasteiger partial charge on any atom is 0.0832 e. The van der Waals surface area contributed by atoms with E-state index in [1.54, 1.807) is 0 Å². The molecule has 0 saturated carbocycles. The largest absolute Gasteiger partial charge is 0.220 e. The van der Waals surface area contributed by atoms with Crippen LogP contribution in [0.25, 0.3) is 5.69 Å². The fraction of sp³-hybridized carbons (Fsp3) is 0.429. The van der Waals surface area contributed by atoms with Crippen LogP contribution in [0.15, 0.2) is 24.4 Å². The smallest absolute Gasteiger partial charge is 0.0832 e. The molecule has 2 aromatic rings. The summed E-state index contributed by atoms with van der Waals surface area (Å²) in [7, 11) is 0. The number of aryl methyl sites for hydroxylation is 3. The molecule has 0 aliphatic carbocycles. The van der Waals surface area contributed by atoms with E-state index in [0.29, 0.717) is 5.88 Å². The molecule has 18 heavy (non-hydrogen) atoms. The van der Waals surface area contributed by atoms with Crippen LogP contribution in [0.3, 0.4) is 0 Å². The van der Waals surface area contributed by atoms with Gasteiger partial charge in [0, 0.05) is 5.88 Å². The van der Waals surface area contributed by atoms with Crippen LogP contribution in [0.4, 0.5) is 0 Å². The minimum Gasteiger partial charge on any atom is -0.220 e. The molecule has 2 rings (SSSR count). The Morgan fingerprint density at radius 1 is 1.33 bits per heavy atom. The molecule has 1 heterocycles. The van der Waals surface area contributed by atoms with Gasteiger partial charge in [-0.3, -0.25) is 0 Å². The van der Waals surface area contributed by atoms with Gasteiger partial charge in [-0.25, -0.2) is 4.68 Å². The average Bonchev–Trinajstić information content (AvgIpc) is 2.85. The van der Waals surface area contributed by atoms with Crippen molar-refractivity contribution >= 4 is 11.6 Å². The summed E-state index contributed by atoms with van der Waals surface area (Å²) >= 11 is 5.68. The predicted molar refractivity (Wildman–Crippen MR) is 74.5 cm³/mol. The minimum atomic E-state index is 0.664. The number of hydrogen-bond acceptors (Lipinski definition) is 2. The van der Waals surface area contributed by atoms with Crippen molar-refractivity contribution in [1.82, 2.24) is 15.0 Å². The third-order valence-electron chi connectivity index (χ3n) is 3.09. The molecular formula is C14H18ClN3. The molecule has 0 atom stereocenters. The highest BCUT2D eigenvalue weighted by Crippen LogP contribution is 2.15. The summed E-state index contributed by atoms with van der Waals surface area (Å²) in [5.74, 6) is 0.664. The Morgan fingerprint density at radius 3 is 2.89 bits per heavy atom. The zero-order valence-corrected chi connectivity index (χ0v) is 11.6. The van der Waals surface area contributed by atoms with Crippen LogP contribution in [-0.2, 0) is 12.8 Å². The van der Waals surface area contributed by atoms with Gasteiger partial charge in [-0.15, -0.1) is 16.7 Å². The Morgan fingerprint density at radius 2 is 2.17 bits per heavy atom. The van der Waals surface area contributed by atoms with Crippen LogP contribution in [0, 0.1) is 6.92 Å². The van der Waals surface area contributed by atoms with Crippen molar-refractivity contribution in [2.24, 2.45) is 0 Å². The van der Waals surface area contributed by atoms with E-state index in [1.165, 1.54) is 11.1 Å². The number of halogens is 1. The molecule has 0 fully saturated rings. The van der Waals surface area contributed by atoms with Gasteiger partial charge < -0.3 is 0 Å². The number of rotatable bonds is 5. The van der Waals surface area contributed by atoms with Gasteiger partial charge in [0.2, 0.25) is 0 Å². The monoisotopic (exact) mass is 263 g/mol. The first-order valence-electron chi connectivity index (χ1n) is 6.31. The maximum absolute atomic E-state index is 5.68. The summed E-state index contributed by atoms with van der Waals surface area (Å²) < 4.78 is 1.84. The molecule has 0 aliphatic rings. The lowest BCUT2D eigenvalue weighted by molar-refractivity contribution is 0.790. The molecule has 0 aliphatic heterocycles. The molecule has 0 spiro atoms. The molecule has 0 radical (unpaired) electrons. The van der Waals surface area contributed by atoms with E-state index >= 15 is 0 Å². The molecule has 3 nitrogen and oxygen atoms in total. The molecule has 96 valence electrons. The first kappa shape index (κ1) is 13.1. The van der Waals surface area contributed by atoms with Crippen LogP contribution in [0.2, 0.25) is 0 Å². The average molecular weight is 264 g/mol. The van der Waals surface area contributed by atoms with Crippen LogP contribution in [0.1, 0.15) is 30.2 Å². The Bertz CT molecular complexity index is 520. The van der Waals surface area contributed by atoms with E-state index in [9.17, 15) is 0 Å². The topological polar surface area (TPSA) is 30.7 Å². The third-order valence-corrected chi connectivity index (χ3v) is 3.35. The lowest BCUT2D eigenvalue weighted by atomic mass is 10.1. The molecule has 0 N–H and O–H groups in total. The van der Waals surface area contributed by atoms with Crippen LogP contribution in [0.5, 0.6) is 0 Å². The predicted octanol–water partition coefficient (Wildman–Crippen LogP) is 3.31. The molecule has 1 aromatic carbocycles. The Balaban J connectivity index is 2.23. The van der Waals surface area contributed by atoms with Crippen molar-refractivity contribution in [3.05, 3.63) is 41.2 Å². The normalized spacial score (nSPS) is 10.8. The van der Waals surface area contributed by atoms with E-state index in [1.807, 2.05) is 10.9 Å². The zero-order valence-electron chi connectivity index (χ0n) is 10.9. The number of hydrogen-bond donors (Lipinski definition) is 0. The molecule has 0 bridgehead atoms. The van der Waals surface area contributed by atoms with E-state index in [-0.39, 0.29) is 0 Å². The van der Waals surface area contributed by atoms with Crippen molar-refractivity contribution in [3.63, 3.8) is 0 Å². The van der Waals surface area contributed by atoms with Gasteiger partial charge in [-0.05, 0) is 49.4 Å². The summed E-state index contributed by atoms with van der Waals surface area (Å²) in [5, 5.41) is 8.33. The standard InChI is InChI=1S/C14H18ClN3/c1-3-12-9-14(7-6-11(12)2)18-10-13(16-17-18)5-4-8-15/h6-7,9-10H,3-5,8H2,1-2H3. The molecule has 0 amide bonds. The van der Waals surface area contributed by atoms with Gasteiger partial charge in [-0.1, -0.05) is 18.2 Å². The summed E-state index contributed by atoms with van der Waals surface area (Å²) in [6.07, 6.45) is 4.84.